The van der Waals surface area contributed by atoms with Gasteiger partial charge in [-0.1, -0.05) is 6.92 Å². The predicted molar refractivity (Wildman–Crippen MR) is 43.1 cm³/mol. The van der Waals surface area contributed by atoms with Gasteiger partial charge in [0.25, 0.3) is 0 Å². The molecule has 1 unspecified atom stereocenters. The van der Waals surface area contributed by atoms with Crippen molar-refractivity contribution in [1.29, 1.82) is 0 Å². The van der Waals surface area contributed by atoms with Gasteiger partial charge in [-0.25, -0.2) is 0 Å². The Morgan fingerprint density at radius 2 is 2.08 bits per heavy atom. The lowest BCUT2D eigenvalue weighted by Crippen LogP contribution is -2.51. The number of nitrogens with zero attached hydrogens (tertiary/aromatic N) is 1. The van der Waals surface area contributed by atoms with Crippen molar-refractivity contribution in [1.82, 2.24) is 0 Å². The fourth-order valence-corrected chi connectivity index (χ4v) is 1.11. The van der Waals surface area contributed by atoms with Crippen LogP contribution in [-0.4, -0.2) is 48.8 Å². The summed E-state index contributed by atoms with van der Waals surface area (Å²) in [6, 6.07) is 0. The summed E-state index contributed by atoms with van der Waals surface area (Å²) >= 11 is 0. The highest BCUT2D eigenvalue weighted by Crippen LogP contribution is 2.01. The molecule has 0 fully saturated rings. The molecule has 0 bridgehead atoms. The molecule has 0 saturated carbocycles. The first-order chi connectivity index (χ1) is 5.37. The number of aliphatic hydroxyl groups is 1. The van der Waals surface area contributed by atoms with Gasteiger partial charge in [0.15, 0.2) is 0 Å². The van der Waals surface area contributed by atoms with E-state index < -0.39 is 12.1 Å². The normalized spacial score (nSPS) is 14.3. The molecule has 1 atom stereocenters. The van der Waals surface area contributed by atoms with Gasteiger partial charge < -0.3 is 19.5 Å². The number of hydrogen-bond acceptors (Lipinski definition) is 3. The van der Waals surface area contributed by atoms with Gasteiger partial charge in [0, 0.05) is 0 Å². The van der Waals surface area contributed by atoms with Crippen LogP contribution in [0.4, 0.5) is 0 Å². The first-order valence-corrected chi connectivity index (χ1v) is 4.07. The zero-order valence-corrected chi connectivity index (χ0v) is 7.91. The lowest BCUT2D eigenvalue weighted by Gasteiger charge is -2.31. The molecule has 1 N–H and O–H groups in total. The Morgan fingerprint density at radius 1 is 1.58 bits per heavy atom. The maximum atomic E-state index is 10.3. The number of aliphatic carboxylic acids is 1. The van der Waals surface area contributed by atoms with Crippen molar-refractivity contribution in [3.05, 3.63) is 0 Å². The summed E-state index contributed by atoms with van der Waals surface area (Å²) in [7, 11) is 3.52. The summed E-state index contributed by atoms with van der Waals surface area (Å²) in [4.78, 5) is 10.3. The van der Waals surface area contributed by atoms with E-state index in [4.69, 9.17) is 0 Å². The molecule has 0 saturated heterocycles. The second-order valence-electron chi connectivity index (χ2n) is 3.71. The molecule has 12 heavy (non-hydrogen) atoms. The summed E-state index contributed by atoms with van der Waals surface area (Å²) in [5, 5.41) is 19.6. The van der Waals surface area contributed by atoms with Gasteiger partial charge in [-0.05, 0) is 6.42 Å². The number of likely N-dealkylation sites (N-methyl/N-ethyl adjacent to an activating group) is 1. The molecule has 0 aliphatic carbocycles. The molecule has 0 heterocycles. The van der Waals surface area contributed by atoms with Crippen molar-refractivity contribution in [3.63, 3.8) is 0 Å². The van der Waals surface area contributed by atoms with Crippen LogP contribution in [0.3, 0.4) is 0 Å². The summed E-state index contributed by atoms with van der Waals surface area (Å²) in [5.41, 5.74) is 0. The number of quaternary nitrogens is 1. The minimum Gasteiger partial charge on any atom is -0.544 e. The zero-order valence-electron chi connectivity index (χ0n) is 7.91. The van der Waals surface area contributed by atoms with Gasteiger partial charge in [0.1, 0.15) is 19.2 Å². The predicted octanol–water partition coefficient (Wildman–Crippen LogP) is -1.42. The molecule has 0 radical (unpaired) electrons. The summed E-state index contributed by atoms with van der Waals surface area (Å²) in [6.45, 7) is 2.26. The third-order valence-electron chi connectivity index (χ3n) is 1.73. The monoisotopic (exact) mass is 175 g/mol. The van der Waals surface area contributed by atoms with Crippen LogP contribution in [0, 0.1) is 0 Å². The Hall–Kier alpha value is -0.610. The van der Waals surface area contributed by atoms with E-state index in [1.54, 1.807) is 14.1 Å². The van der Waals surface area contributed by atoms with Gasteiger partial charge in [-0.3, -0.25) is 0 Å². The smallest absolute Gasteiger partial charge is 0.119 e. The van der Waals surface area contributed by atoms with E-state index in [0.29, 0.717) is 13.0 Å². The molecule has 4 nitrogen and oxygen atoms in total. The number of carbonyl (C=O) groups is 1. The average molecular weight is 175 g/mol. The Balaban J connectivity index is 3.94. The van der Waals surface area contributed by atoms with Crippen LogP contribution >= 0.6 is 0 Å². The minimum absolute atomic E-state index is 0.0585. The largest absolute Gasteiger partial charge is 0.544 e. The van der Waals surface area contributed by atoms with E-state index in [2.05, 4.69) is 0 Å². The third kappa shape index (κ3) is 5.09. The standard InChI is InChI=1S/C8H17NO3/c1-4-7(10)5-9(2,3)6-8(11)12/h7,10H,4-6H2,1-3H3. The molecule has 0 aliphatic heterocycles. The van der Waals surface area contributed by atoms with Crippen molar-refractivity contribution >= 4 is 5.97 Å². The van der Waals surface area contributed by atoms with Crippen LogP contribution in [0.1, 0.15) is 13.3 Å². The minimum atomic E-state index is -1.08. The second kappa shape index (κ2) is 4.42. The highest BCUT2D eigenvalue weighted by Gasteiger charge is 2.19. The first kappa shape index (κ1) is 11.4. The molecule has 72 valence electrons. The fraction of sp³-hybridized carbons (Fsp3) is 0.875. The van der Waals surface area contributed by atoms with E-state index in [9.17, 15) is 15.0 Å². The Labute approximate surface area is 73.0 Å². The van der Waals surface area contributed by atoms with Gasteiger partial charge in [0.05, 0.1) is 20.1 Å². The molecule has 0 amide bonds. The maximum absolute atomic E-state index is 10.3. The summed E-state index contributed by atoms with van der Waals surface area (Å²) in [5.74, 6) is -1.08. The van der Waals surface area contributed by atoms with Gasteiger partial charge in [0.2, 0.25) is 0 Å². The topological polar surface area (TPSA) is 60.4 Å². The van der Waals surface area contributed by atoms with E-state index in [-0.39, 0.29) is 11.0 Å². The molecular formula is C8H17NO3. The van der Waals surface area contributed by atoms with Crippen molar-refractivity contribution in [2.45, 2.75) is 19.4 Å². The highest BCUT2D eigenvalue weighted by atomic mass is 16.4. The van der Waals surface area contributed by atoms with E-state index >= 15 is 0 Å². The molecule has 4 heteroatoms. The van der Waals surface area contributed by atoms with Crippen LogP contribution in [0.2, 0.25) is 0 Å². The van der Waals surface area contributed by atoms with Crippen LogP contribution in [0.5, 0.6) is 0 Å². The SMILES string of the molecule is CCC(O)C[N+](C)(C)CC(=O)[O-]. The van der Waals surface area contributed by atoms with Gasteiger partial charge in [-0.15, -0.1) is 0 Å². The van der Waals surface area contributed by atoms with Gasteiger partial charge >= 0.3 is 0 Å². The molecular weight excluding hydrogens is 158 g/mol. The fourth-order valence-electron chi connectivity index (χ4n) is 1.11. The van der Waals surface area contributed by atoms with Crippen LogP contribution in [0.15, 0.2) is 0 Å². The van der Waals surface area contributed by atoms with E-state index in [1.807, 2.05) is 6.92 Å². The quantitative estimate of drug-likeness (QED) is 0.522. The Kier molecular flexibility index (Phi) is 4.20. The molecule has 0 aromatic heterocycles. The van der Waals surface area contributed by atoms with Crippen LogP contribution < -0.4 is 5.11 Å². The van der Waals surface area contributed by atoms with Crippen molar-refractivity contribution in [3.8, 4) is 0 Å². The number of rotatable bonds is 5. The third-order valence-corrected chi connectivity index (χ3v) is 1.73. The summed E-state index contributed by atoms with van der Waals surface area (Å²) < 4.78 is 0.261. The number of aliphatic hydroxyl groups excluding tert-OH is 1. The van der Waals surface area contributed by atoms with E-state index in [0.717, 1.165) is 0 Å². The van der Waals surface area contributed by atoms with Crippen molar-refractivity contribution in [2.24, 2.45) is 0 Å². The summed E-state index contributed by atoms with van der Waals surface area (Å²) in [6.07, 6.45) is 0.216. The lowest BCUT2D eigenvalue weighted by atomic mass is 10.2. The van der Waals surface area contributed by atoms with Crippen molar-refractivity contribution in [2.75, 3.05) is 27.2 Å². The van der Waals surface area contributed by atoms with Gasteiger partial charge in [-0.2, -0.15) is 0 Å². The molecule has 0 aromatic carbocycles. The lowest BCUT2D eigenvalue weighted by molar-refractivity contribution is -0.887. The maximum Gasteiger partial charge on any atom is 0.119 e. The molecule has 0 aliphatic rings. The average Bonchev–Trinajstić information content (AvgIpc) is 1.83. The number of carboxylic acid groups (broad SMARTS) is 1. The highest BCUT2D eigenvalue weighted by molar-refractivity contribution is 5.65. The number of carboxylic acids is 1. The molecule has 0 rings (SSSR count). The Morgan fingerprint density at radius 3 is 2.42 bits per heavy atom. The Bertz CT molecular complexity index is 156. The van der Waals surface area contributed by atoms with Crippen LogP contribution in [0.25, 0.3) is 0 Å². The number of carbonyl (C=O) groups excluding carboxylic acids is 1. The second-order valence-corrected chi connectivity index (χ2v) is 3.71. The molecule has 0 aromatic rings. The van der Waals surface area contributed by atoms with E-state index in [1.165, 1.54) is 0 Å². The van der Waals surface area contributed by atoms with Crippen LogP contribution in [-0.2, 0) is 4.79 Å². The van der Waals surface area contributed by atoms with Crippen molar-refractivity contribution < 1.29 is 19.5 Å². The first-order valence-electron chi connectivity index (χ1n) is 4.07. The molecule has 0 spiro atoms. The number of hydrogen-bond donors (Lipinski definition) is 1. The zero-order chi connectivity index (χ0) is 9.78.